The first kappa shape index (κ1) is 33.7. The molecule has 0 saturated carbocycles. The molecule has 0 aromatic heterocycles. The van der Waals surface area contributed by atoms with Gasteiger partial charge in [0, 0.05) is 0 Å². The van der Waals surface area contributed by atoms with Crippen LogP contribution in [0.5, 0.6) is 0 Å². The zero-order valence-corrected chi connectivity index (χ0v) is 27.7. The van der Waals surface area contributed by atoms with Crippen molar-refractivity contribution in [3.05, 3.63) is 180 Å². The molecule has 40 heavy (non-hydrogen) atoms. The van der Waals surface area contributed by atoms with Crippen LogP contribution in [0, 0.1) is 12.2 Å². The average molecular weight is 655 g/mol. The Kier molecular flexibility index (Phi) is 15.2. The second-order valence-electron chi connectivity index (χ2n) is 9.34. The van der Waals surface area contributed by atoms with Gasteiger partial charge in [-0.2, -0.15) is 35.5 Å². The van der Waals surface area contributed by atoms with Gasteiger partial charge in [0.15, 0.2) is 0 Å². The third-order valence-electron chi connectivity index (χ3n) is 6.02. The summed E-state index contributed by atoms with van der Waals surface area (Å²) in [6.07, 6.45) is 15.8. The molecule has 0 aliphatic heterocycles. The van der Waals surface area contributed by atoms with Crippen molar-refractivity contribution in [2.24, 2.45) is 0 Å². The van der Waals surface area contributed by atoms with Gasteiger partial charge in [-0.25, -0.2) is 0 Å². The van der Waals surface area contributed by atoms with Gasteiger partial charge in [-0.15, -0.1) is 47.5 Å². The van der Waals surface area contributed by atoms with E-state index in [0.717, 1.165) is 0 Å². The molecular weight excluding hydrogens is 623 g/mol. The number of allylic oxidation sites excluding steroid dienone is 8. The molecule has 0 amide bonds. The molecule has 4 aromatic carbocycles. The third-order valence-corrected chi connectivity index (χ3v) is 6.02. The molecule has 0 saturated heterocycles. The molecule has 0 N–H and O–H groups in total. The number of hydrogen-bond acceptors (Lipinski definition) is 0. The van der Waals surface area contributed by atoms with Crippen molar-refractivity contribution < 1.29 is 48.1 Å². The van der Waals surface area contributed by atoms with Crippen molar-refractivity contribution in [1.82, 2.24) is 0 Å². The molecule has 0 heterocycles. The summed E-state index contributed by atoms with van der Waals surface area (Å²) in [5, 5.41) is 0. The van der Waals surface area contributed by atoms with Crippen LogP contribution in [-0.2, 0) is 23.3 Å². The van der Waals surface area contributed by atoms with Crippen LogP contribution >= 0.6 is 0 Å². The summed E-state index contributed by atoms with van der Waals surface area (Å²) >= 11 is 1.74. The molecule has 0 radical (unpaired) electrons. The molecule has 2 aliphatic rings. The molecular formula is C36H32Cl2SiZr-2. The number of rotatable bonds is 4. The Bertz CT molecular complexity index is 1320. The fourth-order valence-corrected chi connectivity index (χ4v) is 4.22. The molecule has 0 spiro atoms. The van der Waals surface area contributed by atoms with E-state index >= 15 is 0 Å². The van der Waals surface area contributed by atoms with Crippen LogP contribution in [0.1, 0.15) is 34.1 Å². The summed E-state index contributed by atoms with van der Waals surface area (Å²) in [4.78, 5) is 0. The van der Waals surface area contributed by atoms with E-state index in [-0.39, 0.29) is 30.2 Å². The maximum Gasteiger partial charge on any atom is -0.0392 e. The van der Waals surface area contributed by atoms with Crippen molar-refractivity contribution in [2.75, 3.05) is 0 Å². The summed E-state index contributed by atoms with van der Waals surface area (Å²) in [6, 6.07) is 41.8. The predicted molar refractivity (Wildman–Crippen MR) is 160 cm³/mol. The Morgan fingerprint density at radius 2 is 0.775 bits per heavy atom. The molecule has 0 nitrogen and oxygen atoms in total. The standard InChI is InChI=1S/2C17H13.C2H6Si.2ClH.Zr/c2*1-3-7-14(8-4-1)16-11-12-17(13-16)15-9-5-2-6-10-15;1-3-2;;;/h2*1-12,16H;1-2H3;2*1H;/q2*-1;;;;+2/p-2. The molecule has 4 aromatic rings. The monoisotopic (exact) mass is 652 g/mol. The van der Waals surface area contributed by atoms with Crippen molar-refractivity contribution >= 4 is 16.6 Å². The minimum absolute atomic E-state index is 0. The number of hydrogen-bond donors (Lipinski definition) is 0. The normalized spacial score (nSPS) is 16.1. The molecule has 2 unspecified atom stereocenters. The van der Waals surface area contributed by atoms with Crippen molar-refractivity contribution in [1.29, 1.82) is 0 Å². The van der Waals surface area contributed by atoms with Crippen LogP contribution in [0.15, 0.2) is 146 Å². The average Bonchev–Trinajstić information content (AvgIpc) is 3.66. The number of benzene rings is 4. The molecule has 4 heteroatoms. The van der Waals surface area contributed by atoms with Crippen LogP contribution in [-0.4, -0.2) is 5.43 Å². The Morgan fingerprint density at radius 1 is 0.500 bits per heavy atom. The maximum atomic E-state index is 3.53. The second kappa shape index (κ2) is 18.1. The molecule has 2 aliphatic carbocycles. The van der Waals surface area contributed by atoms with Gasteiger partial charge in [0.05, 0.1) is 0 Å². The zero-order chi connectivity index (χ0) is 26.6. The molecule has 0 bridgehead atoms. The van der Waals surface area contributed by atoms with Crippen LogP contribution in [0.25, 0.3) is 11.1 Å². The first-order chi connectivity index (χ1) is 18.6. The SMILES string of the molecule is C[Si](C)=[Zr+2].[C-]1=C(c2ccccc2)C=CC1c1ccccc1.[C-]1=C(c2ccccc2)C=CC1c1ccccc1.[Cl-].[Cl-]. The van der Waals surface area contributed by atoms with Gasteiger partial charge in [-0.1, -0.05) is 108 Å². The summed E-state index contributed by atoms with van der Waals surface area (Å²) in [5.74, 6) is 0.595. The fourth-order valence-electron chi connectivity index (χ4n) is 4.22. The zero-order valence-electron chi connectivity index (χ0n) is 22.8. The Morgan fingerprint density at radius 3 is 1.07 bits per heavy atom. The second-order valence-corrected chi connectivity index (χ2v) is 18.7. The van der Waals surface area contributed by atoms with Crippen LogP contribution < -0.4 is 24.8 Å². The largest absolute Gasteiger partial charge is 1.00 e. The number of halogens is 2. The van der Waals surface area contributed by atoms with Gasteiger partial charge in [-0.3, -0.25) is 0 Å². The summed E-state index contributed by atoms with van der Waals surface area (Å²) < 4.78 is 0. The van der Waals surface area contributed by atoms with Crippen molar-refractivity contribution in [3.8, 4) is 0 Å². The van der Waals surface area contributed by atoms with E-state index in [1.54, 1.807) is 23.3 Å². The summed E-state index contributed by atoms with van der Waals surface area (Å²) in [6.45, 7) is 4.62. The molecule has 200 valence electrons. The van der Waals surface area contributed by atoms with Gasteiger partial charge >= 0.3 is 41.9 Å². The molecule has 2 atom stereocenters. The molecule has 6 rings (SSSR count). The van der Waals surface area contributed by atoms with E-state index in [1.165, 1.54) is 33.4 Å². The molecule has 0 fully saturated rings. The van der Waals surface area contributed by atoms with Gasteiger partial charge < -0.3 is 24.8 Å². The van der Waals surface area contributed by atoms with Crippen LogP contribution in [0.4, 0.5) is 0 Å². The van der Waals surface area contributed by atoms with Crippen LogP contribution in [0.2, 0.25) is 13.1 Å². The maximum absolute atomic E-state index is 3.53. The fraction of sp³-hybridized carbons (Fsp3) is 0.111. The van der Waals surface area contributed by atoms with E-state index < -0.39 is 0 Å². The van der Waals surface area contributed by atoms with Crippen molar-refractivity contribution in [3.63, 3.8) is 0 Å². The summed E-state index contributed by atoms with van der Waals surface area (Å²) in [7, 11) is 0. The summed E-state index contributed by atoms with van der Waals surface area (Å²) in [5.41, 5.74) is 7.68. The smallest absolute Gasteiger partial charge is 0.0392 e. The van der Waals surface area contributed by atoms with Crippen LogP contribution in [0.3, 0.4) is 0 Å². The first-order valence-corrected chi connectivity index (χ1v) is 19.1. The predicted octanol–water partition coefficient (Wildman–Crippen LogP) is 3.25. The van der Waals surface area contributed by atoms with Gasteiger partial charge in [0.1, 0.15) is 0 Å². The third kappa shape index (κ3) is 10.5. The van der Waals surface area contributed by atoms with Gasteiger partial charge in [0.25, 0.3) is 0 Å². The Hall–Kier alpha value is -2.48. The van der Waals surface area contributed by atoms with Crippen molar-refractivity contribution in [2.45, 2.75) is 24.9 Å². The first-order valence-electron chi connectivity index (χ1n) is 13.0. The van der Waals surface area contributed by atoms with E-state index in [2.05, 4.69) is 147 Å². The van der Waals surface area contributed by atoms with Gasteiger partial charge in [0.2, 0.25) is 0 Å². The minimum atomic E-state index is 0. The van der Waals surface area contributed by atoms with E-state index in [0.29, 0.717) is 11.8 Å². The Balaban J connectivity index is 0.000000237. The van der Waals surface area contributed by atoms with E-state index in [9.17, 15) is 0 Å². The Labute approximate surface area is 267 Å². The minimum Gasteiger partial charge on any atom is -1.00 e. The van der Waals surface area contributed by atoms with Gasteiger partial charge in [-0.05, 0) is 11.8 Å². The van der Waals surface area contributed by atoms with E-state index in [4.69, 9.17) is 0 Å². The quantitative estimate of drug-likeness (QED) is 0.234. The topological polar surface area (TPSA) is 0 Å². The van der Waals surface area contributed by atoms with E-state index in [1.807, 2.05) is 24.3 Å².